The fourth-order valence-electron chi connectivity index (χ4n) is 8.14. The molecule has 1 N–H and O–H groups in total. The number of carboxylic acids is 1. The first-order chi connectivity index (χ1) is 11.9. The molecule has 8 unspecified atom stereocenters. The van der Waals surface area contributed by atoms with Crippen molar-refractivity contribution in [2.75, 3.05) is 13.7 Å². The van der Waals surface area contributed by atoms with E-state index >= 15 is 0 Å². The van der Waals surface area contributed by atoms with Gasteiger partial charge in [-0.3, -0.25) is 4.79 Å². The highest BCUT2D eigenvalue weighted by molar-refractivity contribution is 5.71. The fraction of sp³-hybridized carbons (Fsp3) is 0.955. The van der Waals surface area contributed by atoms with Crippen LogP contribution in [0.5, 0.6) is 0 Å². The van der Waals surface area contributed by atoms with Crippen molar-refractivity contribution in [1.82, 2.24) is 0 Å². The first-order valence-corrected chi connectivity index (χ1v) is 10.6. The molecule has 4 saturated carbocycles. The quantitative estimate of drug-likeness (QED) is 0.781. The Labute approximate surface area is 152 Å². The molecule has 3 heteroatoms. The van der Waals surface area contributed by atoms with Gasteiger partial charge in [0.2, 0.25) is 0 Å². The summed E-state index contributed by atoms with van der Waals surface area (Å²) >= 11 is 0. The van der Waals surface area contributed by atoms with Crippen LogP contribution in [0.1, 0.15) is 71.6 Å². The number of aliphatic carboxylic acids is 1. The number of ether oxygens (including phenoxy) is 1. The predicted octanol–water partition coefficient (Wildman–Crippen LogP) is 4.99. The number of methoxy groups -OCH3 is 1. The zero-order valence-corrected chi connectivity index (χ0v) is 16.3. The third kappa shape index (κ3) is 2.59. The van der Waals surface area contributed by atoms with Gasteiger partial charge in [-0.1, -0.05) is 13.8 Å². The van der Waals surface area contributed by atoms with E-state index in [4.69, 9.17) is 4.74 Å². The van der Waals surface area contributed by atoms with Crippen LogP contribution in [-0.2, 0) is 9.53 Å². The summed E-state index contributed by atoms with van der Waals surface area (Å²) in [4.78, 5) is 11.8. The molecule has 0 aliphatic heterocycles. The van der Waals surface area contributed by atoms with Crippen LogP contribution in [0.4, 0.5) is 0 Å². The van der Waals surface area contributed by atoms with Crippen LogP contribution in [-0.4, -0.2) is 24.8 Å². The van der Waals surface area contributed by atoms with Gasteiger partial charge in [-0.15, -0.1) is 0 Å². The second-order valence-electron chi connectivity index (χ2n) is 10.3. The minimum absolute atomic E-state index is 0.0590. The zero-order valence-electron chi connectivity index (χ0n) is 16.3. The molecule has 0 saturated heterocycles. The van der Waals surface area contributed by atoms with Gasteiger partial charge in [0, 0.05) is 13.7 Å². The summed E-state index contributed by atoms with van der Waals surface area (Å²) in [7, 11) is 1.84. The van der Waals surface area contributed by atoms with Crippen LogP contribution in [0.25, 0.3) is 0 Å². The molecule has 0 radical (unpaired) electrons. The van der Waals surface area contributed by atoms with E-state index in [0.29, 0.717) is 11.3 Å². The fourth-order valence-corrected chi connectivity index (χ4v) is 8.14. The average molecular weight is 349 g/mol. The Balaban J connectivity index is 1.55. The molecule has 8 atom stereocenters. The molecule has 25 heavy (non-hydrogen) atoms. The molecule has 0 aromatic carbocycles. The van der Waals surface area contributed by atoms with Crippen molar-refractivity contribution < 1.29 is 14.6 Å². The van der Waals surface area contributed by atoms with Crippen molar-refractivity contribution in [2.45, 2.75) is 71.6 Å². The summed E-state index contributed by atoms with van der Waals surface area (Å²) in [5.41, 5.74) is 0.555. The number of carboxylic acid groups (broad SMARTS) is 1. The summed E-state index contributed by atoms with van der Waals surface area (Å²) in [6, 6.07) is 0. The maximum atomic E-state index is 11.8. The molecule has 3 nitrogen and oxygen atoms in total. The lowest BCUT2D eigenvalue weighted by Crippen LogP contribution is -2.54. The van der Waals surface area contributed by atoms with Gasteiger partial charge in [-0.05, 0) is 98.2 Å². The van der Waals surface area contributed by atoms with Crippen molar-refractivity contribution in [3.63, 3.8) is 0 Å². The molecule has 0 bridgehead atoms. The van der Waals surface area contributed by atoms with E-state index in [9.17, 15) is 9.90 Å². The largest absolute Gasteiger partial charge is 0.481 e. The number of rotatable bonds is 3. The average Bonchev–Trinajstić information content (AvgIpc) is 2.93. The smallest absolute Gasteiger partial charge is 0.307 e. The number of hydrogen-bond donors (Lipinski definition) is 1. The van der Waals surface area contributed by atoms with Gasteiger partial charge in [0.05, 0.1) is 5.92 Å². The van der Waals surface area contributed by atoms with E-state index in [0.717, 1.165) is 49.5 Å². The molecule has 0 amide bonds. The van der Waals surface area contributed by atoms with Crippen LogP contribution < -0.4 is 0 Å². The van der Waals surface area contributed by atoms with Gasteiger partial charge < -0.3 is 9.84 Å². The Hall–Kier alpha value is -0.570. The molecule has 4 aliphatic carbocycles. The SMILES string of the molecule is COCC1CCC2(C)C(CCC3C2CCC2(C)C(C(=O)O)CCC32)C1. The molecule has 0 spiro atoms. The van der Waals surface area contributed by atoms with E-state index in [1.54, 1.807) is 0 Å². The first-order valence-electron chi connectivity index (χ1n) is 10.6. The topological polar surface area (TPSA) is 46.5 Å². The van der Waals surface area contributed by atoms with Gasteiger partial charge in [-0.25, -0.2) is 0 Å². The monoisotopic (exact) mass is 348 g/mol. The van der Waals surface area contributed by atoms with Crippen molar-refractivity contribution in [2.24, 2.45) is 46.3 Å². The summed E-state index contributed by atoms with van der Waals surface area (Å²) in [6.45, 7) is 5.83. The van der Waals surface area contributed by atoms with Crippen molar-refractivity contribution in [3.05, 3.63) is 0 Å². The normalized spacial score (nSPS) is 52.1. The Morgan fingerprint density at radius 1 is 1.00 bits per heavy atom. The first kappa shape index (κ1) is 17.8. The summed E-state index contributed by atoms with van der Waals surface area (Å²) in [5.74, 6) is 3.26. The van der Waals surface area contributed by atoms with Gasteiger partial charge in [-0.2, -0.15) is 0 Å². The second kappa shape index (κ2) is 6.25. The molecule has 4 aliphatic rings. The standard InChI is InChI=1S/C22H36O3/c1-21-10-8-14(13-25-3)12-15(21)4-5-16-17-6-7-19(20(23)24)22(17,2)11-9-18(16)21/h14-19H,4-13H2,1-3H3,(H,23,24). The van der Waals surface area contributed by atoms with Crippen molar-refractivity contribution >= 4 is 5.97 Å². The summed E-state index contributed by atoms with van der Waals surface area (Å²) < 4.78 is 5.45. The minimum atomic E-state index is -0.538. The molecule has 142 valence electrons. The zero-order chi connectivity index (χ0) is 17.8. The Morgan fingerprint density at radius 3 is 2.44 bits per heavy atom. The highest BCUT2D eigenvalue weighted by atomic mass is 16.5. The molecule has 0 aromatic heterocycles. The predicted molar refractivity (Wildman–Crippen MR) is 98.2 cm³/mol. The summed E-state index contributed by atoms with van der Waals surface area (Å²) in [5, 5.41) is 9.72. The van der Waals surface area contributed by atoms with Crippen LogP contribution in [0, 0.1) is 46.3 Å². The maximum Gasteiger partial charge on any atom is 0.307 e. The van der Waals surface area contributed by atoms with Crippen LogP contribution in [0.15, 0.2) is 0 Å². The highest BCUT2D eigenvalue weighted by Gasteiger charge is 2.61. The Kier molecular flexibility index (Phi) is 4.46. The van der Waals surface area contributed by atoms with Gasteiger partial charge in [0.25, 0.3) is 0 Å². The third-order valence-corrected chi connectivity index (χ3v) is 9.47. The van der Waals surface area contributed by atoms with E-state index in [-0.39, 0.29) is 11.3 Å². The molecular weight excluding hydrogens is 312 g/mol. The Bertz CT molecular complexity index is 531. The molecule has 0 aromatic rings. The third-order valence-electron chi connectivity index (χ3n) is 9.47. The molecule has 4 fully saturated rings. The van der Waals surface area contributed by atoms with Gasteiger partial charge in [0.15, 0.2) is 0 Å². The van der Waals surface area contributed by atoms with Gasteiger partial charge in [0.1, 0.15) is 0 Å². The number of fused-ring (bicyclic) bond motifs is 5. The van der Waals surface area contributed by atoms with Crippen LogP contribution >= 0.6 is 0 Å². The van der Waals surface area contributed by atoms with E-state index < -0.39 is 5.97 Å². The van der Waals surface area contributed by atoms with E-state index in [1.165, 1.54) is 38.5 Å². The lowest BCUT2D eigenvalue weighted by Gasteiger charge is -2.61. The van der Waals surface area contributed by atoms with E-state index in [2.05, 4.69) is 13.8 Å². The van der Waals surface area contributed by atoms with Crippen molar-refractivity contribution in [3.8, 4) is 0 Å². The molecule has 4 rings (SSSR count). The molecule has 0 heterocycles. The van der Waals surface area contributed by atoms with Crippen molar-refractivity contribution in [1.29, 1.82) is 0 Å². The van der Waals surface area contributed by atoms with Gasteiger partial charge >= 0.3 is 5.97 Å². The van der Waals surface area contributed by atoms with Crippen LogP contribution in [0.3, 0.4) is 0 Å². The lowest BCUT2D eigenvalue weighted by molar-refractivity contribution is -0.153. The van der Waals surface area contributed by atoms with E-state index in [1.807, 2.05) is 7.11 Å². The lowest BCUT2D eigenvalue weighted by atomic mass is 9.44. The number of hydrogen-bond acceptors (Lipinski definition) is 2. The maximum absolute atomic E-state index is 11.8. The second-order valence-corrected chi connectivity index (χ2v) is 10.3. The van der Waals surface area contributed by atoms with Crippen LogP contribution in [0.2, 0.25) is 0 Å². The Morgan fingerprint density at radius 2 is 1.72 bits per heavy atom. The molecular formula is C22H36O3. The minimum Gasteiger partial charge on any atom is -0.481 e. The highest BCUT2D eigenvalue weighted by Crippen LogP contribution is 2.67. The number of carbonyl (C=O) groups is 1. The summed E-state index contributed by atoms with van der Waals surface area (Å²) in [6.07, 6.45) is 11.2.